The van der Waals surface area contributed by atoms with Gasteiger partial charge >= 0.3 is 11.8 Å². The van der Waals surface area contributed by atoms with Crippen LogP contribution in [0.5, 0.6) is 0 Å². The molecular weight excluding hydrogens is 432 g/mol. The van der Waals surface area contributed by atoms with E-state index in [-0.39, 0.29) is 0 Å². The third-order valence-corrected chi connectivity index (χ3v) is 5.03. The second-order valence-corrected chi connectivity index (χ2v) is 7.52. The lowest BCUT2D eigenvalue weighted by atomic mass is 10.2. The molecule has 2 N–H and O–H groups in total. The largest absolute Gasteiger partial charge is 0.329 e. The molecular formula is C22H21BrN4O2. The Morgan fingerprint density at radius 1 is 1.00 bits per heavy atom. The first-order chi connectivity index (χ1) is 13.9. The van der Waals surface area contributed by atoms with Crippen LogP contribution in [0, 0.1) is 20.8 Å². The number of carbonyl (C=O) groups is 2. The number of hydrogen-bond donors (Lipinski definition) is 2. The zero-order valence-electron chi connectivity index (χ0n) is 16.4. The molecule has 0 bridgehead atoms. The van der Waals surface area contributed by atoms with Gasteiger partial charge < -0.3 is 9.88 Å². The third-order valence-electron chi connectivity index (χ3n) is 4.50. The number of hydrazone groups is 1. The zero-order chi connectivity index (χ0) is 21.0. The summed E-state index contributed by atoms with van der Waals surface area (Å²) >= 11 is 3.32. The van der Waals surface area contributed by atoms with Crippen molar-refractivity contribution in [3.05, 3.63) is 81.6 Å². The maximum Gasteiger partial charge on any atom is 0.329 e. The van der Waals surface area contributed by atoms with Gasteiger partial charge in [-0.25, -0.2) is 5.43 Å². The van der Waals surface area contributed by atoms with E-state index in [4.69, 9.17) is 0 Å². The summed E-state index contributed by atoms with van der Waals surface area (Å²) < 4.78 is 3.02. The highest BCUT2D eigenvalue weighted by Gasteiger charge is 2.14. The number of anilines is 1. The van der Waals surface area contributed by atoms with Crippen molar-refractivity contribution in [2.75, 3.05) is 5.32 Å². The minimum Gasteiger partial charge on any atom is -0.318 e. The molecule has 0 fully saturated rings. The topological polar surface area (TPSA) is 75.5 Å². The van der Waals surface area contributed by atoms with E-state index in [9.17, 15) is 9.59 Å². The number of nitrogens with zero attached hydrogens (tertiary/aromatic N) is 2. The van der Waals surface area contributed by atoms with Crippen molar-refractivity contribution in [3.63, 3.8) is 0 Å². The number of aromatic nitrogens is 1. The van der Waals surface area contributed by atoms with Crippen LogP contribution >= 0.6 is 15.9 Å². The Hall–Kier alpha value is -3.19. The molecule has 2 amide bonds. The number of benzene rings is 2. The predicted molar refractivity (Wildman–Crippen MR) is 118 cm³/mol. The second-order valence-electron chi connectivity index (χ2n) is 6.61. The van der Waals surface area contributed by atoms with Crippen molar-refractivity contribution in [2.24, 2.45) is 5.10 Å². The van der Waals surface area contributed by atoms with E-state index in [2.05, 4.69) is 55.4 Å². The lowest BCUT2D eigenvalue weighted by molar-refractivity contribution is -0.136. The van der Waals surface area contributed by atoms with E-state index >= 15 is 0 Å². The highest BCUT2D eigenvalue weighted by Crippen LogP contribution is 2.22. The van der Waals surface area contributed by atoms with E-state index in [1.165, 1.54) is 0 Å². The average Bonchev–Trinajstić information content (AvgIpc) is 2.97. The number of carbonyl (C=O) groups excluding carboxylic acids is 2. The molecule has 3 rings (SSSR count). The van der Waals surface area contributed by atoms with Gasteiger partial charge in [-0.1, -0.05) is 34.1 Å². The van der Waals surface area contributed by atoms with E-state index in [0.29, 0.717) is 5.69 Å². The van der Waals surface area contributed by atoms with E-state index < -0.39 is 11.8 Å². The fraction of sp³-hybridized carbons (Fsp3) is 0.136. The van der Waals surface area contributed by atoms with Gasteiger partial charge in [-0.2, -0.15) is 5.10 Å². The van der Waals surface area contributed by atoms with E-state index in [1.54, 1.807) is 30.5 Å². The fourth-order valence-electron chi connectivity index (χ4n) is 3.04. The van der Waals surface area contributed by atoms with Crippen molar-refractivity contribution < 1.29 is 9.59 Å². The maximum absolute atomic E-state index is 12.0. The normalized spacial score (nSPS) is 10.9. The SMILES string of the molecule is Cc1ccccc1-n1c(C)cc(C=NNC(=O)C(=O)Nc2ccc(Br)cc2)c1C. The van der Waals surface area contributed by atoms with Gasteiger partial charge in [0, 0.05) is 32.8 Å². The summed E-state index contributed by atoms with van der Waals surface area (Å²) in [6, 6.07) is 17.0. The van der Waals surface area contributed by atoms with E-state index in [1.807, 2.05) is 32.0 Å². The molecule has 3 aromatic rings. The highest BCUT2D eigenvalue weighted by molar-refractivity contribution is 9.10. The van der Waals surface area contributed by atoms with Crippen LogP contribution in [0.25, 0.3) is 5.69 Å². The molecule has 0 saturated heterocycles. The summed E-state index contributed by atoms with van der Waals surface area (Å²) in [5.41, 5.74) is 7.96. The van der Waals surface area contributed by atoms with Gasteiger partial charge in [0.1, 0.15) is 0 Å². The van der Waals surface area contributed by atoms with Crippen LogP contribution in [0.3, 0.4) is 0 Å². The summed E-state index contributed by atoms with van der Waals surface area (Å²) in [5.74, 6) is -1.62. The average molecular weight is 453 g/mol. The minimum atomic E-state index is -0.836. The van der Waals surface area contributed by atoms with Crippen molar-refractivity contribution >= 4 is 39.6 Å². The standard InChI is InChI=1S/C22H21BrN4O2/c1-14-6-4-5-7-20(14)27-15(2)12-17(16(27)3)13-24-26-22(29)21(28)25-19-10-8-18(23)9-11-19/h4-13H,1-3H3,(H,25,28)(H,26,29). The Morgan fingerprint density at radius 2 is 1.69 bits per heavy atom. The number of nitrogens with one attached hydrogen (secondary N) is 2. The minimum absolute atomic E-state index is 0.527. The second kappa shape index (κ2) is 8.87. The molecule has 7 heteroatoms. The summed E-state index contributed by atoms with van der Waals surface area (Å²) in [4.78, 5) is 24.0. The molecule has 0 aliphatic carbocycles. The predicted octanol–water partition coefficient (Wildman–Crippen LogP) is 4.25. The van der Waals surface area contributed by atoms with Crippen LogP contribution in [-0.2, 0) is 9.59 Å². The third kappa shape index (κ3) is 4.81. The van der Waals surface area contributed by atoms with Crippen LogP contribution < -0.4 is 10.7 Å². The van der Waals surface area contributed by atoms with Gasteiger partial charge in [0.05, 0.1) is 6.21 Å². The van der Waals surface area contributed by atoms with Crippen LogP contribution in [0.1, 0.15) is 22.5 Å². The summed E-state index contributed by atoms with van der Waals surface area (Å²) in [6.07, 6.45) is 1.54. The Bertz CT molecular complexity index is 1080. The van der Waals surface area contributed by atoms with E-state index in [0.717, 1.165) is 32.7 Å². The van der Waals surface area contributed by atoms with Crippen molar-refractivity contribution in [2.45, 2.75) is 20.8 Å². The van der Waals surface area contributed by atoms with Crippen molar-refractivity contribution in [3.8, 4) is 5.69 Å². The van der Waals surface area contributed by atoms with Crippen LogP contribution in [0.15, 0.2) is 64.2 Å². The lowest BCUT2D eigenvalue weighted by Crippen LogP contribution is -2.32. The first-order valence-corrected chi connectivity index (χ1v) is 9.81. The summed E-state index contributed by atoms with van der Waals surface area (Å²) in [7, 11) is 0. The zero-order valence-corrected chi connectivity index (χ0v) is 17.9. The van der Waals surface area contributed by atoms with Gasteiger partial charge in [-0.05, 0) is 62.7 Å². The van der Waals surface area contributed by atoms with Crippen LogP contribution in [0.4, 0.5) is 5.69 Å². The van der Waals surface area contributed by atoms with Gasteiger partial charge in [-0.3, -0.25) is 9.59 Å². The van der Waals surface area contributed by atoms with Gasteiger partial charge in [0.2, 0.25) is 0 Å². The van der Waals surface area contributed by atoms with Crippen molar-refractivity contribution in [1.29, 1.82) is 0 Å². The number of rotatable bonds is 4. The van der Waals surface area contributed by atoms with Crippen LogP contribution in [-0.4, -0.2) is 22.6 Å². The summed E-state index contributed by atoms with van der Waals surface area (Å²) in [6.45, 7) is 6.07. The Labute approximate surface area is 177 Å². The highest BCUT2D eigenvalue weighted by atomic mass is 79.9. The number of amides is 2. The van der Waals surface area contributed by atoms with Crippen molar-refractivity contribution in [1.82, 2.24) is 9.99 Å². The quantitative estimate of drug-likeness (QED) is 0.352. The molecule has 148 valence electrons. The molecule has 0 unspecified atom stereocenters. The molecule has 1 heterocycles. The molecule has 0 aliphatic rings. The Kier molecular flexibility index (Phi) is 6.29. The Morgan fingerprint density at radius 3 is 2.38 bits per heavy atom. The molecule has 2 aromatic carbocycles. The number of para-hydroxylation sites is 1. The molecule has 0 saturated carbocycles. The maximum atomic E-state index is 12.0. The number of hydrogen-bond acceptors (Lipinski definition) is 3. The smallest absolute Gasteiger partial charge is 0.318 e. The Balaban J connectivity index is 1.68. The fourth-order valence-corrected chi connectivity index (χ4v) is 3.30. The molecule has 0 radical (unpaired) electrons. The molecule has 0 spiro atoms. The lowest BCUT2D eigenvalue weighted by Gasteiger charge is -2.12. The molecule has 6 nitrogen and oxygen atoms in total. The molecule has 29 heavy (non-hydrogen) atoms. The number of halogens is 1. The molecule has 0 atom stereocenters. The molecule has 1 aromatic heterocycles. The number of aryl methyl sites for hydroxylation is 2. The first kappa shape index (κ1) is 20.5. The monoisotopic (exact) mass is 452 g/mol. The molecule has 0 aliphatic heterocycles. The van der Waals surface area contributed by atoms with Gasteiger partial charge in [-0.15, -0.1) is 0 Å². The van der Waals surface area contributed by atoms with Gasteiger partial charge in [0.15, 0.2) is 0 Å². The van der Waals surface area contributed by atoms with Gasteiger partial charge in [0.25, 0.3) is 0 Å². The summed E-state index contributed by atoms with van der Waals surface area (Å²) in [5, 5.41) is 6.46. The first-order valence-electron chi connectivity index (χ1n) is 9.01. The van der Waals surface area contributed by atoms with Crippen LogP contribution in [0.2, 0.25) is 0 Å².